The van der Waals surface area contributed by atoms with E-state index in [4.69, 9.17) is 11.6 Å². The van der Waals surface area contributed by atoms with Gasteiger partial charge in [-0.2, -0.15) is 5.10 Å². The molecule has 0 aliphatic carbocycles. The zero-order valence-corrected chi connectivity index (χ0v) is 13.1. The van der Waals surface area contributed by atoms with Crippen molar-refractivity contribution in [2.75, 3.05) is 6.54 Å². The molecule has 2 rings (SSSR count). The van der Waals surface area contributed by atoms with Crippen LogP contribution in [0.25, 0.3) is 0 Å². The first kappa shape index (κ1) is 15.4. The number of nitrogens with zero attached hydrogens (tertiary/aromatic N) is 3. The fraction of sp³-hybridized carbons (Fsp3) is 0.333. The monoisotopic (exact) mass is 305 g/mol. The quantitative estimate of drug-likeness (QED) is 0.658. The van der Waals surface area contributed by atoms with Crippen molar-refractivity contribution in [3.8, 4) is 0 Å². The zero-order valence-electron chi connectivity index (χ0n) is 12.3. The van der Waals surface area contributed by atoms with Gasteiger partial charge in [0.05, 0.1) is 18.8 Å². The molecule has 1 heterocycles. The molecule has 0 aliphatic heterocycles. The predicted molar refractivity (Wildman–Crippen MR) is 86.3 cm³/mol. The number of benzene rings is 1. The second-order valence-electron chi connectivity index (χ2n) is 4.59. The lowest BCUT2D eigenvalue weighted by Gasteiger charge is -2.11. The Balaban J connectivity index is 1.99. The van der Waals surface area contributed by atoms with Crippen LogP contribution in [0, 0.1) is 0 Å². The standard InChI is InChI=1S/C15H20ClN5/c1-3-17-15(19-11-13-8-9-20-21(13)2)18-10-12-6-4-5-7-14(12)16/h4-9H,3,10-11H2,1-2H3,(H2,17,18,19). The van der Waals surface area contributed by atoms with Crippen molar-refractivity contribution < 1.29 is 0 Å². The molecule has 0 spiro atoms. The molecular formula is C15H20ClN5. The molecule has 0 aliphatic rings. The first-order valence-corrected chi connectivity index (χ1v) is 7.31. The molecule has 5 nitrogen and oxygen atoms in total. The number of nitrogens with one attached hydrogen (secondary N) is 2. The summed E-state index contributed by atoms with van der Waals surface area (Å²) >= 11 is 6.14. The van der Waals surface area contributed by atoms with E-state index in [1.807, 2.05) is 49.0 Å². The van der Waals surface area contributed by atoms with Crippen LogP contribution in [-0.4, -0.2) is 22.3 Å². The van der Waals surface area contributed by atoms with Crippen LogP contribution in [0.4, 0.5) is 0 Å². The van der Waals surface area contributed by atoms with Gasteiger partial charge in [0, 0.05) is 24.8 Å². The van der Waals surface area contributed by atoms with Gasteiger partial charge in [0.1, 0.15) is 0 Å². The van der Waals surface area contributed by atoms with Gasteiger partial charge in [-0.3, -0.25) is 4.68 Å². The van der Waals surface area contributed by atoms with Crippen molar-refractivity contribution in [2.45, 2.75) is 20.0 Å². The molecule has 6 heteroatoms. The molecule has 0 fully saturated rings. The van der Waals surface area contributed by atoms with Crippen LogP contribution < -0.4 is 10.6 Å². The van der Waals surface area contributed by atoms with Gasteiger partial charge < -0.3 is 10.6 Å². The van der Waals surface area contributed by atoms with E-state index in [1.54, 1.807) is 6.20 Å². The highest BCUT2D eigenvalue weighted by atomic mass is 35.5. The van der Waals surface area contributed by atoms with Gasteiger partial charge in [-0.05, 0) is 24.6 Å². The van der Waals surface area contributed by atoms with Crippen LogP contribution in [-0.2, 0) is 20.1 Å². The summed E-state index contributed by atoms with van der Waals surface area (Å²) in [6.07, 6.45) is 1.78. The first-order valence-electron chi connectivity index (χ1n) is 6.93. The minimum absolute atomic E-state index is 0.542. The van der Waals surface area contributed by atoms with Gasteiger partial charge in [0.2, 0.25) is 0 Å². The van der Waals surface area contributed by atoms with Crippen molar-refractivity contribution in [2.24, 2.45) is 12.0 Å². The number of aromatic nitrogens is 2. The number of aliphatic imine (C=N–C) groups is 1. The summed E-state index contributed by atoms with van der Waals surface area (Å²) in [6, 6.07) is 9.72. The number of hydrogen-bond donors (Lipinski definition) is 2. The molecule has 0 saturated heterocycles. The molecule has 0 unspecified atom stereocenters. The largest absolute Gasteiger partial charge is 0.357 e. The maximum Gasteiger partial charge on any atom is 0.191 e. The summed E-state index contributed by atoms with van der Waals surface area (Å²) in [5, 5.41) is 11.4. The highest BCUT2D eigenvalue weighted by Crippen LogP contribution is 2.15. The Morgan fingerprint density at radius 1 is 1.29 bits per heavy atom. The molecule has 0 amide bonds. The molecule has 112 valence electrons. The van der Waals surface area contributed by atoms with Crippen LogP contribution in [0.15, 0.2) is 41.5 Å². The van der Waals surface area contributed by atoms with Crippen LogP contribution in [0.3, 0.4) is 0 Å². The Hall–Kier alpha value is -2.01. The molecule has 1 aromatic carbocycles. The Kier molecular flexibility index (Phi) is 5.63. The zero-order chi connectivity index (χ0) is 15.1. The SMILES string of the molecule is CCNC(=NCc1ccccc1Cl)NCc1ccnn1C. The van der Waals surface area contributed by atoms with E-state index in [2.05, 4.69) is 20.7 Å². The summed E-state index contributed by atoms with van der Waals surface area (Å²) < 4.78 is 1.84. The van der Waals surface area contributed by atoms with Gasteiger partial charge >= 0.3 is 0 Å². The van der Waals surface area contributed by atoms with E-state index in [0.29, 0.717) is 13.1 Å². The van der Waals surface area contributed by atoms with Crippen molar-refractivity contribution in [3.05, 3.63) is 52.8 Å². The predicted octanol–water partition coefficient (Wildman–Crippen LogP) is 2.33. The summed E-state index contributed by atoms with van der Waals surface area (Å²) in [7, 11) is 1.92. The average Bonchev–Trinajstić information content (AvgIpc) is 2.89. The van der Waals surface area contributed by atoms with Crippen LogP contribution >= 0.6 is 11.6 Å². The van der Waals surface area contributed by atoms with Crippen LogP contribution in [0.2, 0.25) is 5.02 Å². The normalized spacial score (nSPS) is 11.5. The Labute approximate surface area is 130 Å². The molecule has 0 atom stereocenters. The van der Waals surface area contributed by atoms with Crippen molar-refractivity contribution in [3.63, 3.8) is 0 Å². The lowest BCUT2D eigenvalue weighted by atomic mass is 10.2. The molecule has 21 heavy (non-hydrogen) atoms. The van der Waals surface area contributed by atoms with Gasteiger partial charge in [-0.1, -0.05) is 29.8 Å². The maximum atomic E-state index is 6.14. The Morgan fingerprint density at radius 2 is 2.10 bits per heavy atom. The molecule has 1 aromatic heterocycles. The van der Waals surface area contributed by atoms with Crippen LogP contribution in [0.1, 0.15) is 18.2 Å². The van der Waals surface area contributed by atoms with E-state index < -0.39 is 0 Å². The highest BCUT2D eigenvalue weighted by molar-refractivity contribution is 6.31. The number of rotatable bonds is 5. The van der Waals surface area contributed by atoms with Gasteiger partial charge in [0.15, 0.2) is 5.96 Å². The van der Waals surface area contributed by atoms with Gasteiger partial charge in [-0.15, -0.1) is 0 Å². The van der Waals surface area contributed by atoms with Crippen LogP contribution in [0.5, 0.6) is 0 Å². The lowest BCUT2D eigenvalue weighted by molar-refractivity contribution is 0.685. The summed E-state index contributed by atoms with van der Waals surface area (Å²) in [5.41, 5.74) is 2.11. The van der Waals surface area contributed by atoms with Gasteiger partial charge in [0.25, 0.3) is 0 Å². The van der Waals surface area contributed by atoms with E-state index >= 15 is 0 Å². The fourth-order valence-corrected chi connectivity index (χ4v) is 2.08. The first-order chi connectivity index (χ1) is 10.2. The lowest BCUT2D eigenvalue weighted by Crippen LogP contribution is -2.37. The third-order valence-electron chi connectivity index (χ3n) is 3.07. The van der Waals surface area contributed by atoms with Gasteiger partial charge in [-0.25, -0.2) is 4.99 Å². The second kappa shape index (κ2) is 7.69. The van der Waals surface area contributed by atoms with E-state index in [1.165, 1.54) is 0 Å². The minimum Gasteiger partial charge on any atom is -0.357 e. The van der Waals surface area contributed by atoms with E-state index in [0.717, 1.165) is 28.8 Å². The third kappa shape index (κ3) is 4.49. The molecule has 0 radical (unpaired) electrons. The Bertz CT molecular complexity index is 606. The second-order valence-corrected chi connectivity index (χ2v) is 4.99. The number of hydrogen-bond acceptors (Lipinski definition) is 2. The number of aryl methyl sites for hydroxylation is 1. The van der Waals surface area contributed by atoms with E-state index in [9.17, 15) is 0 Å². The molecular weight excluding hydrogens is 286 g/mol. The topological polar surface area (TPSA) is 54.2 Å². The average molecular weight is 306 g/mol. The van der Waals surface area contributed by atoms with Crippen molar-refractivity contribution in [1.82, 2.24) is 20.4 Å². The fourth-order valence-electron chi connectivity index (χ4n) is 1.88. The summed E-state index contributed by atoms with van der Waals surface area (Å²) in [6.45, 7) is 4.06. The smallest absolute Gasteiger partial charge is 0.191 e. The third-order valence-corrected chi connectivity index (χ3v) is 3.44. The van der Waals surface area contributed by atoms with Crippen molar-refractivity contribution in [1.29, 1.82) is 0 Å². The summed E-state index contributed by atoms with van der Waals surface area (Å²) in [4.78, 5) is 4.55. The minimum atomic E-state index is 0.542. The molecule has 2 aromatic rings. The molecule has 0 bridgehead atoms. The maximum absolute atomic E-state index is 6.14. The molecule has 0 saturated carbocycles. The van der Waals surface area contributed by atoms with E-state index in [-0.39, 0.29) is 0 Å². The Morgan fingerprint density at radius 3 is 2.76 bits per heavy atom. The van der Waals surface area contributed by atoms with Crippen molar-refractivity contribution >= 4 is 17.6 Å². The molecule has 2 N–H and O–H groups in total. The number of guanidine groups is 1. The highest BCUT2D eigenvalue weighted by Gasteiger charge is 2.02. The number of halogens is 1. The summed E-state index contributed by atoms with van der Waals surface area (Å²) in [5.74, 6) is 0.763.